The number of aromatic nitrogens is 2. The molecule has 0 unspecified atom stereocenters. The Labute approximate surface area is 118 Å². The molecule has 0 spiro atoms. The molecule has 1 fully saturated rings. The highest BCUT2D eigenvalue weighted by atomic mass is 16.2. The summed E-state index contributed by atoms with van der Waals surface area (Å²) in [4.78, 5) is 21.9. The fraction of sp³-hybridized carbons (Fsp3) is 0.400. The van der Waals surface area contributed by atoms with E-state index in [0.29, 0.717) is 0 Å². The summed E-state index contributed by atoms with van der Waals surface area (Å²) in [6.45, 7) is 5.23. The zero-order valence-electron chi connectivity index (χ0n) is 11.8. The molecule has 20 heavy (non-hydrogen) atoms. The highest BCUT2D eigenvalue weighted by Crippen LogP contribution is 2.23. The molecule has 0 bridgehead atoms. The maximum atomic E-state index is 11.4. The monoisotopic (exact) mass is 270 g/mol. The van der Waals surface area contributed by atoms with E-state index in [2.05, 4.69) is 28.3 Å². The number of anilines is 1. The second kappa shape index (κ2) is 5.07. The number of rotatable bonds is 2. The Morgan fingerprint density at radius 2 is 2.25 bits per heavy atom. The van der Waals surface area contributed by atoms with Crippen molar-refractivity contribution < 1.29 is 4.79 Å². The van der Waals surface area contributed by atoms with E-state index in [1.165, 1.54) is 5.56 Å². The molecule has 0 saturated carbocycles. The number of fused-ring (bicyclic) bond motifs is 1. The maximum absolute atomic E-state index is 11.4. The quantitative estimate of drug-likeness (QED) is 0.906. The molecule has 1 amide bonds. The van der Waals surface area contributed by atoms with Gasteiger partial charge in [-0.1, -0.05) is 11.6 Å². The predicted octanol–water partition coefficient (Wildman–Crippen LogP) is 1.97. The van der Waals surface area contributed by atoms with E-state index >= 15 is 0 Å². The lowest BCUT2D eigenvalue weighted by Crippen LogP contribution is -2.29. The highest BCUT2D eigenvalue weighted by Gasteiger charge is 2.24. The van der Waals surface area contributed by atoms with Gasteiger partial charge in [-0.05, 0) is 25.5 Å². The summed E-state index contributed by atoms with van der Waals surface area (Å²) in [5, 5.41) is 4.49. The number of nitrogens with one attached hydrogen (secondary N) is 1. The zero-order valence-corrected chi connectivity index (χ0v) is 11.8. The maximum Gasteiger partial charge on any atom is 0.219 e. The molecular formula is C15H18N4O. The molecule has 0 aliphatic carbocycles. The minimum atomic E-state index is 0.137. The van der Waals surface area contributed by atoms with Gasteiger partial charge in [-0.15, -0.1) is 0 Å². The van der Waals surface area contributed by atoms with Gasteiger partial charge in [0.05, 0.1) is 5.52 Å². The first kappa shape index (κ1) is 12.8. The molecule has 1 aliphatic rings. The molecule has 1 atom stereocenters. The van der Waals surface area contributed by atoms with Crippen LogP contribution in [0.25, 0.3) is 10.9 Å². The molecule has 5 nitrogen and oxygen atoms in total. The van der Waals surface area contributed by atoms with Crippen LogP contribution in [0.1, 0.15) is 18.9 Å². The Balaban J connectivity index is 1.85. The Morgan fingerprint density at radius 1 is 1.40 bits per heavy atom. The largest absolute Gasteiger partial charge is 0.365 e. The number of hydrogen-bond acceptors (Lipinski definition) is 4. The summed E-state index contributed by atoms with van der Waals surface area (Å²) in [5.41, 5.74) is 2.13. The minimum absolute atomic E-state index is 0.137. The average Bonchev–Trinajstić information content (AvgIpc) is 2.88. The van der Waals surface area contributed by atoms with Crippen LogP contribution in [0.4, 0.5) is 5.82 Å². The van der Waals surface area contributed by atoms with Gasteiger partial charge in [0.2, 0.25) is 5.91 Å². The Hall–Kier alpha value is -2.17. The standard InChI is InChI=1S/C15H18N4O/c1-10-3-4-14-13(7-10)15(17-9-16-14)18-12-5-6-19(8-12)11(2)20/h3-4,7,9,12H,5-6,8H2,1-2H3,(H,16,17,18)/t12-/m1/s1. The molecule has 1 aliphatic heterocycles. The predicted molar refractivity (Wildman–Crippen MR) is 78.6 cm³/mol. The van der Waals surface area contributed by atoms with Crippen LogP contribution in [0.5, 0.6) is 0 Å². The summed E-state index contributed by atoms with van der Waals surface area (Å²) in [5.74, 6) is 0.992. The summed E-state index contributed by atoms with van der Waals surface area (Å²) in [6.07, 6.45) is 2.54. The van der Waals surface area contributed by atoms with Crippen LogP contribution in [0.15, 0.2) is 24.5 Å². The third kappa shape index (κ3) is 2.43. The second-order valence-corrected chi connectivity index (χ2v) is 5.34. The van der Waals surface area contributed by atoms with Crippen molar-refractivity contribution in [2.75, 3.05) is 18.4 Å². The van der Waals surface area contributed by atoms with Crippen molar-refractivity contribution in [2.45, 2.75) is 26.3 Å². The second-order valence-electron chi connectivity index (χ2n) is 5.34. The van der Waals surface area contributed by atoms with E-state index in [1.807, 2.05) is 17.0 Å². The molecule has 104 valence electrons. The summed E-state index contributed by atoms with van der Waals surface area (Å²) in [6, 6.07) is 6.41. The van der Waals surface area contributed by atoms with E-state index < -0.39 is 0 Å². The number of amides is 1. The molecule has 5 heteroatoms. The van der Waals surface area contributed by atoms with Gasteiger partial charge in [0.1, 0.15) is 12.1 Å². The van der Waals surface area contributed by atoms with Crippen LogP contribution in [0.3, 0.4) is 0 Å². The van der Waals surface area contributed by atoms with Gasteiger partial charge in [0, 0.05) is 31.4 Å². The van der Waals surface area contributed by atoms with Crippen LogP contribution in [0.2, 0.25) is 0 Å². The van der Waals surface area contributed by atoms with Crippen molar-refractivity contribution in [1.82, 2.24) is 14.9 Å². The molecule has 1 aromatic heterocycles. The Bertz CT molecular complexity index is 655. The van der Waals surface area contributed by atoms with Crippen molar-refractivity contribution in [2.24, 2.45) is 0 Å². The van der Waals surface area contributed by atoms with Gasteiger partial charge >= 0.3 is 0 Å². The van der Waals surface area contributed by atoms with Gasteiger partial charge < -0.3 is 10.2 Å². The normalized spacial score (nSPS) is 18.5. The summed E-state index contributed by atoms with van der Waals surface area (Å²) in [7, 11) is 0. The third-order valence-corrected chi connectivity index (χ3v) is 3.77. The Morgan fingerprint density at radius 3 is 3.00 bits per heavy atom. The molecule has 1 saturated heterocycles. The SMILES string of the molecule is CC(=O)N1CC[C@@H](Nc2ncnc3ccc(C)cc23)C1. The van der Waals surface area contributed by atoms with Crippen LogP contribution < -0.4 is 5.32 Å². The summed E-state index contributed by atoms with van der Waals surface area (Å²) >= 11 is 0. The number of hydrogen-bond donors (Lipinski definition) is 1. The molecule has 3 rings (SSSR count). The van der Waals surface area contributed by atoms with Gasteiger partial charge in [-0.2, -0.15) is 0 Å². The third-order valence-electron chi connectivity index (χ3n) is 3.77. The molecule has 2 heterocycles. The van der Waals surface area contributed by atoms with Crippen molar-refractivity contribution >= 4 is 22.6 Å². The fourth-order valence-corrected chi connectivity index (χ4v) is 2.64. The van der Waals surface area contributed by atoms with Gasteiger partial charge in [-0.25, -0.2) is 9.97 Å². The molecular weight excluding hydrogens is 252 g/mol. The lowest BCUT2D eigenvalue weighted by molar-refractivity contribution is -0.127. The van der Waals surface area contributed by atoms with E-state index in [4.69, 9.17) is 0 Å². The highest BCUT2D eigenvalue weighted by molar-refractivity contribution is 5.89. The first-order chi connectivity index (χ1) is 9.63. The first-order valence-electron chi connectivity index (χ1n) is 6.87. The lowest BCUT2D eigenvalue weighted by Gasteiger charge is -2.16. The lowest BCUT2D eigenvalue weighted by atomic mass is 10.1. The van der Waals surface area contributed by atoms with Crippen LogP contribution in [-0.4, -0.2) is 39.9 Å². The van der Waals surface area contributed by atoms with Crippen LogP contribution >= 0.6 is 0 Å². The number of aryl methyl sites for hydroxylation is 1. The molecule has 2 aromatic rings. The number of nitrogens with zero attached hydrogens (tertiary/aromatic N) is 3. The zero-order chi connectivity index (χ0) is 14.1. The van der Waals surface area contributed by atoms with Gasteiger partial charge in [-0.3, -0.25) is 4.79 Å². The van der Waals surface area contributed by atoms with Gasteiger partial charge in [0.15, 0.2) is 0 Å². The topological polar surface area (TPSA) is 58.1 Å². The number of likely N-dealkylation sites (tertiary alicyclic amines) is 1. The number of carbonyl (C=O) groups excluding carboxylic acids is 1. The van der Waals surface area contributed by atoms with Gasteiger partial charge in [0.25, 0.3) is 0 Å². The smallest absolute Gasteiger partial charge is 0.219 e. The van der Waals surface area contributed by atoms with E-state index in [-0.39, 0.29) is 11.9 Å². The van der Waals surface area contributed by atoms with Crippen molar-refractivity contribution in [3.8, 4) is 0 Å². The molecule has 0 radical (unpaired) electrons. The minimum Gasteiger partial charge on any atom is -0.365 e. The number of carbonyl (C=O) groups is 1. The Kier molecular flexibility index (Phi) is 3.26. The first-order valence-corrected chi connectivity index (χ1v) is 6.87. The van der Waals surface area contributed by atoms with E-state index in [1.54, 1.807) is 13.3 Å². The van der Waals surface area contributed by atoms with Crippen LogP contribution in [0, 0.1) is 6.92 Å². The summed E-state index contributed by atoms with van der Waals surface area (Å²) < 4.78 is 0. The number of benzene rings is 1. The van der Waals surface area contributed by atoms with Crippen molar-refractivity contribution in [1.29, 1.82) is 0 Å². The fourth-order valence-electron chi connectivity index (χ4n) is 2.64. The van der Waals surface area contributed by atoms with Crippen molar-refractivity contribution in [3.63, 3.8) is 0 Å². The van der Waals surface area contributed by atoms with E-state index in [0.717, 1.165) is 36.2 Å². The molecule has 1 aromatic carbocycles. The van der Waals surface area contributed by atoms with Crippen LogP contribution in [-0.2, 0) is 4.79 Å². The average molecular weight is 270 g/mol. The molecule has 1 N–H and O–H groups in total. The van der Waals surface area contributed by atoms with Crippen molar-refractivity contribution in [3.05, 3.63) is 30.1 Å². The van der Waals surface area contributed by atoms with E-state index in [9.17, 15) is 4.79 Å².